The molecule has 238 valence electrons. The summed E-state index contributed by atoms with van der Waals surface area (Å²) >= 11 is 0. The average molecular weight is 636 g/mol. The lowest BCUT2D eigenvalue weighted by atomic mass is 9.94. The Hall–Kier alpha value is -6.39. The molecular weight excluding hydrogens is 599 g/mol. The monoisotopic (exact) mass is 635 g/mol. The van der Waals surface area contributed by atoms with Crippen molar-refractivity contribution in [3.05, 3.63) is 187 Å². The van der Waals surface area contributed by atoms with Gasteiger partial charge in [-0.1, -0.05) is 139 Å². The molecule has 4 heteroatoms. The van der Waals surface area contributed by atoms with Crippen molar-refractivity contribution in [3.63, 3.8) is 0 Å². The van der Waals surface area contributed by atoms with Crippen LogP contribution in [-0.2, 0) is 6.54 Å². The van der Waals surface area contributed by atoms with Crippen molar-refractivity contribution in [1.82, 2.24) is 4.98 Å². The van der Waals surface area contributed by atoms with E-state index in [1.165, 1.54) is 17.3 Å². The molecule has 8 rings (SSSR count). The summed E-state index contributed by atoms with van der Waals surface area (Å²) in [6.45, 7) is 6.21. The molecule has 0 saturated heterocycles. The van der Waals surface area contributed by atoms with E-state index < -0.39 is 0 Å². The minimum Gasteiger partial charge on any atom is -0.455 e. The predicted molar refractivity (Wildman–Crippen MR) is 207 cm³/mol. The lowest BCUT2D eigenvalue weighted by molar-refractivity contribution is 0.671. The third-order valence-corrected chi connectivity index (χ3v) is 8.12. The summed E-state index contributed by atoms with van der Waals surface area (Å²) in [7, 11) is 0. The Balaban J connectivity index is 0.000000213. The molecule has 2 aromatic heterocycles. The fourth-order valence-corrected chi connectivity index (χ4v) is 5.73. The predicted octanol–water partition coefficient (Wildman–Crippen LogP) is 11.9. The fraction of sp³-hybridized carbons (Fsp3) is 0.0444. The second-order valence-electron chi connectivity index (χ2n) is 11.5. The van der Waals surface area contributed by atoms with E-state index in [-0.39, 0.29) is 0 Å². The van der Waals surface area contributed by atoms with E-state index in [0.717, 1.165) is 67.6 Å². The average Bonchev–Trinajstić information content (AvgIpc) is 3.56. The van der Waals surface area contributed by atoms with Crippen LogP contribution in [0.2, 0.25) is 0 Å². The molecule has 2 heterocycles. The number of hydrogen-bond acceptors (Lipinski definition) is 4. The van der Waals surface area contributed by atoms with E-state index in [1.54, 1.807) is 6.20 Å². The van der Waals surface area contributed by atoms with Gasteiger partial charge < -0.3 is 9.83 Å². The Morgan fingerprint density at radius 2 is 1.24 bits per heavy atom. The zero-order valence-corrected chi connectivity index (χ0v) is 27.5. The molecule has 0 amide bonds. The number of pyridine rings is 1. The lowest BCUT2D eigenvalue weighted by Gasteiger charge is -2.08. The largest absolute Gasteiger partial charge is 0.455 e. The highest BCUT2D eigenvalue weighted by molar-refractivity contribution is 6.19. The summed E-state index contributed by atoms with van der Waals surface area (Å²) in [5.41, 5.74) is 11.1. The van der Waals surface area contributed by atoms with Crippen molar-refractivity contribution in [2.75, 3.05) is 0 Å². The van der Waals surface area contributed by atoms with Gasteiger partial charge in [0.25, 0.3) is 0 Å². The highest BCUT2D eigenvalue weighted by Crippen LogP contribution is 2.43. The van der Waals surface area contributed by atoms with Gasteiger partial charge in [-0.25, -0.2) is 0 Å². The molecule has 0 aliphatic rings. The number of benzene rings is 6. The second-order valence-corrected chi connectivity index (χ2v) is 11.5. The zero-order chi connectivity index (χ0) is 33.8. The second kappa shape index (κ2) is 15.9. The molecule has 0 unspecified atom stereocenters. The van der Waals surface area contributed by atoms with Gasteiger partial charge in [0.15, 0.2) is 0 Å². The maximum absolute atomic E-state index is 8.07. The lowest BCUT2D eigenvalue weighted by Crippen LogP contribution is -1.87. The quantitative estimate of drug-likeness (QED) is 0.185. The van der Waals surface area contributed by atoms with Crippen molar-refractivity contribution >= 4 is 34.9 Å². The molecule has 0 spiro atoms. The topological polar surface area (TPSA) is 62.2 Å². The van der Waals surface area contributed by atoms with Crippen LogP contribution in [0.5, 0.6) is 0 Å². The molecule has 0 aliphatic carbocycles. The molecule has 0 radical (unpaired) electrons. The maximum Gasteiger partial charge on any atom is 0.145 e. The molecule has 8 aromatic rings. The molecule has 49 heavy (non-hydrogen) atoms. The number of fused-ring (bicyclic) bond motifs is 3. The standard InChI is InChI=1S/C30H20N2O.C8H9N.C7H8/c31-19-22-14-15-24(27-13-7-8-16-32-27)30-28(22)26-18-23(20-9-3-1-4-10-20)17-25(29(26)33-30)21-11-5-2-6-12-21;1-9-7-8-5-3-2-4-6-8;1-7-5-3-2-4-6-7/h1-19,31H;2-6H,1,7H2;2-6H,1H3. The van der Waals surface area contributed by atoms with Crippen LogP contribution >= 0.6 is 0 Å². The first-order valence-corrected chi connectivity index (χ1v) is 16.2. The van der Waals surface area contributed by atoms with Gasteiger partial charge in [0, 0.05) is 39.9 Å². The van der Waals surface area contributed by atoms with E-state index in [1.807, 2.05) is 103 Å². The van der Waals surface area contributed by atoms with Crippen LogP contribution in [0.3, 0.4) is 0 Å². The van der Waals surface area contributed by atoms with Crippen LogP contribution in [0, 0.1) is 12.3 Å². The molecule has 0 fully saturated rings. The first kappa shape index (κ1) is 32.5. The van der Waals surface area contributed by atoms with E-state index >= 15 is 0 Å². The molecule has 0 aliphatic heterocycles. The number of aromatic nitrogens is 1. The summed E-state index contributed by atoms with van der Waals surface area (Å²) in [6.07, 6.45) is 3.19. The van der Waals surface area contributed by atoms with Crippen molar-refractivity contribution in [1.29, 1.82) is 5.41 Å². The highest BCUT2D eigenvalue weighted by Gasteiger charge is 2.20. The summed E-state index contributed by atoms with van der Waals surface area (Å²) in [4.78, 5) is 8.31. The van der Waals surface area contributed by atoms with Crippen LogP contribution in [0.4, 0.5) is 0 Å². The molecule has 0 bridgehead atoms. The van der Waals surface area contributed by atoms with Crippen molar-refractivity contribution in [3.8, 4) is 33.5 Å². The third-order valence-electron chi connectivity index (χ3n) is 8.12. The van der Waals surface area contributed by atoms with Crippen LogP contribution in [0.1, 0.15) is 16.7 Å². The van der Waals surface area contributed by atoms with Gasteiger partial charge in [-0.15, -0.1) is 0 Å². The zero-order valence-electron chi connectivity index (χ0n) is 27.5. The summed E-state index contributed by atoms with van der Waals surface area (Å²) in [6, 6.07) is 55.2. The smallest absolute Gasteiger partial charge is 0.145 e. The van der Waals surface area contributed by atoms with Crippen LogP contribution in [-0.4, -0.2) is 17.9 Å². The molecule has 0 saturated carbocycles. The van der Waals surface area contributed by atoms with Gasteiger partial charge in [0.1, 0.15) is 11.2 Å². The van der Waals surface area contributed by atoms with Crippen molar-refractivity contribution in [2.45, 2.75) is 13.5 Å². The molecular formula is C45H37N3O. The van der Waals surface area contributed by atoms with Crippen LogP contribution < -0.4 is 0 Å². The van der Waals surface area contributed by atoms with Gasteiger partial charge in [-0.3, -0.25) is 9.98 Å². The Morgan fingerprint density at radius 3 is 1.82 bits per heavy atom. The van der Waals surface area contributed by atoms with E-state index in [9.17, 15) is 0 Å². The number of aryl methyl sites for hydroxylation is 1. The molecule has 4 nitrogen and oxygen atoms in total. The van der Waals surface area contributed by atoms with Gasteiger partial charge in [-0.05, 0) is 66.2 Å². The van der Waals surface area contributed by atoms with Crippen LogP contribution in [0.15, 0.2) is 179 Å². The fourth-order valence-electron chi connectivity index (χ4n) is 5.73. The number of furan rings is 1. The molecule has 1 N–H and O–H groups in total. The number of rotatable bonds is 6. The van der Waals surface area contributed by atoms with E-state index in [2.05, 4.69) is 84.3 Å². The molecule has 0 atom stereocenters. The third kappa shape index (κ3) is 7.78. The minimum absolute atomic E-state index is 0.723. The Morgan fingerprint density at radius 1 is 0.633 bits per heavy atom. The summed E-state index contributed by atoms with van der Waals surface area (Å²) < 4.78 is 6.61. The SMILES string of the molecule is C=NCc1ccccc1.Cc1ccccc1.N=Cc1ccc(-c2ccccn2)c2oc3c(-c4ccccc4)cc(-c4ccccc4)cc3c12. The summed E-state index contributed by atoms with van der Waals surface area (Å²) in [5.74, 6) is 0. The number of nitrogens with one attached hydrogen (secondary N) is 1. The Labute approximate surface area is 287 Å². The maximum atomic E-state index is 8.07. The van der Waals surface area contributed by atoms with E-state index in [0.29, 0.717) is 0 Å². The highest BCUT2D eigenvalue weighted by atomic mass is 16.3. The van der Waals surface area contributed by atoms with Crippen molar-refractivity contribution in [2.24, 2.45) is 4.99 Å². The number of nitrogens with zero attached hydrogens (tertiary/aromatic N) is 2. The number of aliphatic imine (C=N–C) groups is 1. The minimum atomic E-state index is 0.723. The van der Waals surface area contributed by atoms with Gasteiger partial charge in [0.2, 0.25) is 0 Å². The van der Waals surface area contributed by atoms with Crippen molar-refractivity contribution < 1.29 is 4.42 Å². The van der Waals surface area contributed by atoms with Crippen LogP contribution in [0.25, 0.3) is 55.4 Å². The molecule has 6 aromatic carbocycles. The first-order chi connectivity index (χ1) is 24.2. The summed E-state index contributed by atoms with van der Waals surface area (Å²) in [5, 5.41) is 10.0. The Bertz CT molecular complexity index is 2260. The van der Waals surface area contributed by atoms with E-state index in [4.69, 9.17) is 9.83 Å². The van der Waals surface area contributed by atoms with Gasteiger partial charge in [-0.2, -0.15) is 0 Å². The normalized spacial score (nSPS) is 10.4. The Kier molecular flexibility index (Phi) is 10.6. The van der Waals surface area contributed by atoms with Gasteiger partial charge in [0.05, 0.1) is 12.2 Å². The number of hydrogen-bond donors (Lipinski definition) is 1. The first-order valence-electron chi connectivity index (χ1n) is 16.2. The van der Waals surface area contributed by atoms with Gasteiger partial charge >= 0.3 is 0 Å².